The fourth-order valence-corrected chi connectivity index (χ4v) is 1.71. The lowest BCUT2D eigenvalue weighted by molar-refractivity contribution is 0.322. The molecule has 1 heterocycles. The van der Waals surface area contributed by atoms with Gasteiger partial charge in [0.25, 0.3) is 5.22 Å². The van der Waals surface area contributed by atoms with Crippen LogP contribution in [-0.4, -0.2) is 27.7 Å². The summed E-state index contributed by atoms with van der Waals surface area (Å²) >= 11 is 1.30. The second-order valence-electron chi connectivity index (χ2n) is 3.13. The number of thioether (sulfide) groups is 1. The Balaban J connectivity index is 2.16. The van der Waals surface area contributed by atoms with Gasteiger partial charge in [0, 0.05) is 11.3 Å². The molecular formula is C11H9N3O2S. The van der Waals surface area contributed by atoms with Gasteiger partial charge < -0.3 is 9.52 Å². The minimum absolute atomic E-state index is 0.0687. The van der Waals surface area contributed by atoms with Gasteiger partial charge in [-0.25, -0.2) is 0 Å². The van der Waals surface area contributed by atoms with Gasteiger partial charge in [0.2, 0.25) is 5.89 Å². The Morgan fingerprint density at radius 3 is 2.71 bits per heavy atom. The summed E-state index contributed by atoms with van der Waals surface area (Å²) < 4.78 is 5.39. The average Bonchev–Trinajstić information content (AvgIpc) is 2.85. The van der Waals surface area contributed by atoms with Gasteiger partial charge >= 0.3 is 0 Å². The van der Waals surface area contributed by atoms with E-state index in [9.17, 15) is 0 Å². The number of aromatic nitrogens is 2. The number of nitriles is 1. The molecule has 17 heavy (non-hydrogen) atoms. The maximum absolute atomic E-state index is 8.67. The van der Waals surface area contributed by atoms with Crippen LogP contribution >= 0.6 is 11.8 Å². The molecule has 0 saturated heterocycles. The highest BCUT2D eigenvalue weighted by Gasteiger charge is 2.08. The highest BCUT2D eigenvalue weighted by Crippen LogP contribution is 2.22. The molecule has 0 spiro atoms. The largest absolute Gasteiger partial charge is 0.411 e. The fraction of sp³-hybridized carbons (Fsp3) is 0.182. The third-order valence-electron chi connectivity index (χ3n) is 1.98. The van der Waals surface area contributed by atoms with E-state index in [4.69, 9.17) is 14.8 Å². The molecule has 2 aromatic rings. The normalized spacial score (nSPS) is 10.1. The van der Waals surface area contributed by atoms with Crippen molar-refractivity contribution in [2.75, 3.05) is 12.4 Å². The summed E-state index contributed by atoms with van der Waals surface area (Å²) in [5.41, 5.74) is 1.36. The molecule has 2 rings (SSSR count). The molecule has 0 aliphatic heterocycles. The first-order valence-corrected chi connectivity index (χ1v) is 5.90. The van der Waals surface area contributed by atoms with Gasteiger partial charge in [0.15, 0.2) is 0 Å². The summed E-state index contributed by atoms with van der Waals surface area (Å²) in [6.07, 6.45) is 0. The van der Waals surface area contributed by atoms with Crippen LogP contribution < -0.4 is 0 Å². The minimum atomic E-state index is 0.0687. The van der Waals surface area contributed by atoms with Crippen molar-refractivity contribution < 1.29 is 9.52 Å². The van der Waals surface area contributed by atoms with Gasteiger partial charge in [-0.3, -0.25) is 0 Å². The third-order valence-corrected chi connectivity index (χ3v) is 2.78. The first-order valence-electron chi connectivity index (χ1n) is 4.91. The van der Waals surface area contributed by atoms with Crippen molar-refractivity contribution in [2.45, 2.75) is 5.22 Å². The van der Waals surface area contributed by atoms with Gasteiger partial charge in [0.05, 0.1) is 18.2 Å². The number of rotatable bonds is 4. The molecule has 0 aliphatic carbocycles. The van der Waals surface area contributed by atoms with Crippen LogP contribution in [0.4, 0.5) is 0 Å². The summed E-state index contributed by atoms with van der Waals surface area (Å²) in [6, 6.07) is 8.94. The molecule has 5 nitrogen and oxygen atoms in total. The van der Waals surface area contributed by atoms with E-state index in [1.165, 1.54) is 11.8 Å². The molecule has 1 aromatic heterocycles. The monoisotopic (exact) mass is 247 g/mol. The van der Waals surface area contributed by atoms with Gasteiger partial charge in [0.1, 0.15) is 0 Å². The Kier molecular flexibility index (Phi) is 3.75. The minimum Gasteiger partial charge on any atom is -0.411 e. The summed E-state index contributed by atoms with van der Waals surface area (Å²) in [5.74, 6) is 0.935. The molecule has 0 saturated carbocycles. The van der Waals surface area contributed by atoms with E-state index in [1.54, 1.807) is 24.3 Å². The second-order valence-corrected chi connectivity index (χ2v) is 4.18. The summed E-state index contributed by atoms with van der Waals surface area (Å²) in [6.45, 7) is 0.0687. The smallest absolute Gasteiger partial charge is 0.276 e. The number of benzene rings is 1. The first-order chi connectivity index (χ1) is 8.33. The molecule has 0 aliphatic rings. The van der Waals surface area contributed by atoms with E-state index < -0.39 is 0 Å². The number of hydrogen-bond acceptors (Lipinski definition) is 6. The third kappa shape index (κ3) is 2.84. The van der Waals surface area contributed by atoms with Crippen molar-refractivity contribution in [2.24, 2.45) is 0 Å². The van der Waals surface area contributed by atoms with Crippen LogP contribution in [0.3, 0.4) is 0 Å². The highest BCUT2D eigenvalue weighted by molar-refractivity contribution is 7.99. The van der Waals surface area contributed by atoms with Gasteiger partial charge in [-0.15, -0.1) is 10.2 Å². The zero-order valence-electron chi connectivity index (χ0n) is 8.83. The number of aliphatic hydroxyl groups excluding tert-OH is 1. The Hall–Kier alpha value is -1.84. The summed E-state index contributed by atoms with van der Waals surface area (Å²) in [4.78, 5) is 0. The second kappa shape index (κ2) is 5.48. The highest BCUT2D eigenvalue weighted by atomic mass is 32.2. The van der Waals surface area contributed by atoms with Crippen LogP contribution in [0.15, 0.2) is 33.9 Å². The van der Waals surface area contributed by atoms with E-state index in [0.29, 0.717) is 22.4 Å². The van der Waals surface area contributed by atoms with E-state index in [1.807, 2.05) is 6.07 Å². The van der Waals surface area contributed by atoms with Crippen molar-refractivity contribution in [3.8, 4) is 17.5 Å². The van der Waals surface area contributed by atoms with Crippen molar-refractivity contribution in [1.82, 2.24) is 10.2 Å². The zero-order chi connectivity index (χ0) is 12.1. The van der Waals surface area contributed by atoms with Gasteiger partial charge in [-0.2, -0.15) is 5.26 Å². The Morgan fingerprint density at radius 1 is 1.29 bits per heavy atom. The molecule has 0 fully saturated rings. The average molecular weight is 247 g/mol. The topological polar surface area (TPSA) is 82.9 Å². The van der Waals surface area contributed by atoms with Crippen LogP contribution in [-0.2, 0) is 0 Å². The van der Waals surface area contributed by atoms with Crippen LogP contribution in [0.25, 0.3) is 11.5 Å². The van der Waals surface area contributed by atoms with Gasteiger partial charge in [-0.1, -0.05) is 11.8 Å². The molecule has 0 atom stereocenters. The quantitative estimate of drug-likeness (QED) is 0.828. The predicted octanol–water partition coefficient (Wildman–Crippen LogP) is 1.69. The first kappa shape index (κ1) is 11.6. The van der Waals surface area contributed by atoms with Crippen molar-refractivity contribution in [3.05, 3.63) is 29.8 Å². The number of nitrogens with zero attached hydrogens (tertiary/aromatic N) is 3. The van der Waals surface area contributed by atoms with Crippen LogP contribution in [0.5, 0.6) is 0 Å². The summed E-state index contributed by atoms with van der Waals surface area (Å²) in [5, 5.41) is 25.5. The van der Waals surface area contributed by atoms with Crippen LogP contribution in [0.2, 0.25) is 0 Å². The molecule has 0 radical (unpaired) electrons. The lowest BCUT2D eigenvalue weighted by atomic mass is 10.1. The SMILES string of the molecule is N#Cc1ccc(-c2nnc(SCCO)o2)cc1. The Labute approximate surface area is 102 Å². The van der Waals surface area contributed by atoms with Crippen LogP contribution in [0, 0.1) is 11.3 Å². The molecule has 86 valence electrons. The molecule has 6 heteroatoms. The van der Waals surface area contributed by atoms with Gasteiger partial charge in [-0.05, 0) is 24.3 Å². The lowest BCUT2D eigenvalue weighted by Gasteiger charge is -1.94. The maximum Gasteiger partial charge on any atom is 0.276 e. The van der Waals surface area contributed by atoms with E-state index in [-0.39, 0.29) is 6.61 Å². The maximum atomic E-state index is 8.67. The number of hydrogen-bond donors (Lipinski definition) is 1. The van der Waals surface area contributed by atoms with Crippen LogP contribution in [0.1, 0.15) is 5.56 Å². The molecule has 0 unspecified atom stereocenters. The summed E-state index contributed by atoms with van der Waals surface area (Å²) in [7, 11) is 0. The standard InChI is InChI=1S/C11H9N3O2S/c12-7-8-1-3-9(4-2-8)10-13-14-11(16-10)17-6-5-15/h1-4,15H,5-6H2. The van der Waals surface area contributed by atoms with E-state index >= 15 is 0 Å². The zero-order valence-corrected chi connectivity index (χ0v) is 9.65. The predicted molar refractivity (Wildman–Crippen MR) is 62.3 cm³/mol. The Morgan fingerprint density at radius 2 is 2.06 bits per heavy atom. The molecule has 0 bridgehead atoms. The van der Waals surface area contributed by atoms with E-state index in [2.05, 4.69) is 10.2 Å². The molecule has 0 amide bonds. The number of aliphatic hydroxyl groups is 1. The van der Waals surface area contributed by atoms with Crippen molar-refractivity contribution in [1.29, 1.82) is 5.26 Å². The fourth-order valence-electron chi connectivity index (χ4n) is 1.21. The van der Waals surface area contributed by atoms with Crippen molar-refractivity contribution >= 4 is 11.8 Å². The Bertz CT molecular complexity index is 530. The van der Waals surface area contributed by atoms with E-state index in [0.717, 1.165) is 5.56 Å². The molecule has 1 N–H and O–H groups in total. The molecular weight excluding hydrogens is 238 g/mol. The lowest BCUT2D eigenvalue weighted by Crippen LogP contribution is -1.84. The molecule has 1 aromatic carbocycles. The van der Waals surface area contributed by atoms with Crippen molar-refractivity contribution in [3.63, 3.8) is 0 Å².